The van der Waals surface area contributed by atoms with Crippen molar-refractivity contribution in [2.75, 3.05) is 13.7 Å². The van der Waals surface area contributed by atoms with E-state index in [1.807, 2.05) is 6.92 Å². The van der Waals surface area contributed by atoms with Crippen LogP contribution in [0.2, 0.25) is 0 Å². The van der Waals surface area contributed by atoms with Gasteiger partial charge in [-0.2, -0.15) is 0 Å². The number of methoxy groups -OCH3 is 1. The second kappa shape index (κ2) is 6.21. The van der Waals surface area contributed by atoms with E-state index in [2.05, 4.69) is 12.2 Å². The van der Waals surface area contributed by atoms with Gasteiger partial charge in [0.2, 0.25) is 5.91 Å². The fraction of sp³-hybridized carbons (Fsp3) is 0.917. The first kappa shape index (κ1) is 13.5. The molecule has 0 aromatic heterocycles. The molecule has 94 valence electrons. The van der Waals surface area contributed by atoms with E-state index in [9.17, 15) is 4.79 Å². The van der Waals surface area contributed by atoms with Crippen LogP contribution in [0, 0.1) is 11.8 Å². The van der Waals surface area contributed by atoms with Gasteiger partial charge >= 0.3 is 0 Å². The molecular formula is C12H24N2O2. The van der Waals surface area contributed by atoms with E-state index in [1.54, 1.807) is 7.11 Å². The predicted octanol–water partition coefficient (Wildman–Crippen LogP) is 0.901. The van der Waals surface area contributed by atoms with Crippen LogP contribution in [0.25, 0.3) is 0 Å². The molecule has 0 aromatic carbocycles. The van der Waals surface area contributed by atoms with Crippen molar-refractivity contribution in [3.8, 4) is 0 Å². The van der Waals surface area contributed by atoms with Crippen LogP contribution in [0.15, 0.2) is 0 Å². The van der Waals surface area contributed by atoms with Gasteiger partial charge in [0.15, 0.2) is 0 Å². The molecule has 1 aliphatic rings. The molecule has 3 N–H and O–H groups in total. The van der Waals surface area contributed by atoms with Gasteiger partial charge in [-0.25, -0.2) is 0 Å². The van der Waals surface area contributed by atoms with Gasteiger partial charge in [0, 0.05) is 25.1 Å². The van der Waals surface area contributed by atoms with Crippen LogP contribution < -0.4 is 11.1 Å². The van der Waals surface area contributed by atoms with Crippen molar-refractivity contribution in [3.05, 3.63) is 0 Å². The number of nitrogens with two attached hydrogens (primary N) is 1. The Morgan fingerprint density at radius 3 is 2.81 bits per heavy atom. The quantitative estimate of drug-likeness (QED) is 0.751. The first-order chi connectivity index (χ1) is 7.54. The Hall–Kier alpha value is -0.610. The Bertz CT molecular complexity index is 233. The summed E-state index contributed by atoms with van der Waals surface area (Å²) in [5.74, 6) is 0.736. The average molecular weight is 228 g/mol. The molecule has 1 amide bonds. The van der Waals surface area contributed by atoms with Crippen LogP contribution in [-0.4, -0.2) is 31.7 Å². The Balaban J connectivity index is 2.37. The maximum absolute atomic E-state index is 11.9. The molecule has 1 rings (SSSR count). The van der Waals surface area contributed by atoms with E-state index in [0.29, 0.717) is 12.5 Å². The van der Waals surface area contributed by atoms with Crippen LogP contribution >= 0.6 is 0 Å². The third-order valence-corrected chi connectivity index (χ3v) is 3.41. The minimum Gasteiger partial charge on any atom is -0.383 e. The molecule has 0 radical (unpaired) electrons. The van der Waals surface area contributed by atoms with Gasteiger partial charge in [-0.3, -0.25) is 4.79 Å². The number of amides is 1. The molecule has 1 aliphatic carbocycles. The van der Waals surface area contributed by atoms with Crippen LogP contribution in [0.1, 0.15) is 33.1 Å². The molecule has 0 bridgehead atoms. The van der Waals surface area contributed by atoms with Crippen molar-refractivity contribution in [2.45, 2.75) is 45.2 Å². The average Bonchev–Trinajstić information content (AvgIpc) is 2.22. The molecule has 4 nitrogen and oxygen atoms in total. The number of hydrogen-bond donors (Lipinski definition) is 2. The standard InChI is InChI=1S/C12H24N2O2/c1-8-6-10(4-5-11(8)13)12(15)14-9(2)7-16-3/h8-11H,4-7,13H2,1-3H3,(H,14,15). The Morgan fingerprint density at radius 1 is 1.56 bits per heavy atom. The number of ether oxygens (including phenoxy) is 1. The Kier molecular flexibility index (Phi) is 5.22. The van der Waals surface area contributed by atoms with Gasteiger partial charge in [-0.05, 0) is 32.1 Å². The number of carbonyl (C=O) groups is 1. The summed E-state index contributed by atoms with van der Waals surface area (Å²) in [5.41, 5.74) is 5.94. The highest BCUT2D eigenvalue weighted by Gasteiger charge is 2.29. The molecule has 0 heterocycles. The van der Waals surface area contributed by atoms with Gasteiger partial charge in [0.05, 0.1) is 6.61 Å². The summed E-state index contributed by atoms with van der Waals surface area (Å²) in [5, 5.41) is 2.98. The molecule has 1 fully saturated rings. The highest BCUT2D eigenvalue weighted by molar-refractivity contribution is 5.79. The lowest BCUT2D eigenvalue weighted by atomic mass is 9.79. The van der Waals surface area contributed by atoms with Crippen molar-refractivity contribution < 1.29 is 9.53 Å². The molecular weight excluding hydrogens is 204 g/mol. The third-order valence-electron chi connectivity index (χ3n) is 3.41. The lowest BCUT2D eigenvalue weighted by Crippen LogP contribution is -2.44. The van der Waals surface area contributed by atoms with Gasteiger partial charge in [-0.15, -0.1) is 0 Å². The van der Waals surface area contributed by atoms with E-state index < -0.39 is 0 Å². The lowest BCUT2D eigenvalue weighted by molar-refractivity contribution is -0.127. The summed E-state index contributed by atoms with van der Waals surface area (Å²) in [6, 6.07) is 0.351. The Labute approximate surface area is 97.9 Å². The summed E-state index contributed by atoms with van der Waals surface area (Å²) < 4.78 is 5.00. The largest absolute Gasteiger partial charge is 0.383 e. The van der Waals surface area contributed by atoms with Gasteiger partial charge in [0.25, 0.3) is 0 Å². The summed E-state index contributed by atoms with van der Waals surface area (Å²) in [6.07, 6.45) is 2.78. The molecule has 4 atom stereocenters. The fourth-order valence-corrected chi connectivity index (χ4v) is 2.31. The topological polar surface area (TPSA) is 64.3 Å². The van der Waals surface area contributed by atoms with E-state index in [-0.39, 0.29) is 23.9 Å². The summed E-state index contributed by atoms with van der Waals surface area (Å²) in [6.45, 7) is 4.65. The van der Waals surface area contributed by atoms with Crippen LogP contribution in [0.4, 0.5) is 0 Å². The zero-order valence-corrected chi connectivity index (χ0v) is 10.5. The lowest BCUT2D eigenvalue weighted by Gasteiger charge is -2.31. The third kappa shape index (κ3) is 3.76. The number of carbonyl (C=O) groups excluding carboxylic acids is 1. The zero-order chi connectivity index (χ0) is 12.1. The predicted molar refractivity (Wildman–Crippen MR) is 64.0 cm³/mol. The van der Waals surface area contributed by atoms with Crippen LogP contribution in [0.5, 0.6) is 0 Å². The molecule has 16 heavy (non-hydrogen) atoms. The van der Waals surface area contributed by atoms with Crippen molar-refractivity contribution >= 4 is 5.91 Å². The molecule has 0 aliphatic heterocycles. The normalized spacial score (nSPS) is 32.1. The zero-order valence-electron chi connectivity index (χ0n) is 10.5. The van der Waals surface area contributed by atoms with Crippen LogP contribution in [0.3, 0.4) is 0 Å². The van der Waals surface area contributed by atoms with E-state index >= 15 is 0 Å². The number of hydrogen-bond acceptors (Lipinski definition) is 3. The van der Waals surface area contributed by atoms with Gasteiger partial charge < -0.3 is 15.8 Å². The van der Waals surface area contributed by atoms with Gasteiger partial charge in [-0.1, -0.05) is 6.92 Å². The van der Waals surface area contributed by atoms with Crippen molar-refractivity contribution in [1.82, 2.24) is 5.32 Å². The molecule has 4 unspecified atom stereocenters. The Morgan fingerprint density at radius 2 is 2.25 bits per heavy atom. The first-order valence-electron chi connectivity index (χ1n) is 6.09. The molecule has 4 heteroatoms. The second-order valence-electron chi connectivity index (χ2n) is 5.02. The highest BCUT2D eigenvalue weighted by atomic mass is 16.5. The summed E-state index contributed by atoms with van der Waals surface area (Å²) >= 11 is 0. The van der Waals surface area contributed by atoms with Crippen molar-refractivity contribution in [1.29, 1.82) is 0 Å². The first-order valence-corrected chi connectivity index (χ1v) is 6.09. The number of nitrogens with one attached hydrogen (secondary N) is 1. The second-order valence-corrected chi connectivity index (χ2v) is 5.02. The van der Waals surface area contributed by atoms with Gasteiger partial charge in [0.1, 0.15) is 0 Å². The van der Waals surface area contributed by atoms with E-state index in [4.69, 9.17) is 10.5 Å². The molecule has 0 spiro atoms. The maximum Gasteiger partial charge on any atom is 0.223 e. The summed E-state index contributed by atoms with van der Waals surface area (Å²) in [4.78, 5) is 11.9. The van der Waals surface area contributed by atoms with Crippen LogP contribution in [-0.2, 0) is 9.53 Å². The van der Waals surface area contributed by atoms with E-state index in [0.717, 1.165) is 19.3 Å². The monoisotopic (exact) mass is 228 g/mol. The smallest absolute Gasteiger partial charge is 0.223 e. The molecule has 0 aromatic rings. The van der Waals surface area contributed by atoms with Crippen molar-refractivity contribution in [3.63, 3.8) is 0 Å². The minimum atomic E-state index is 0.0865. The van der Waals surface area contributed by atoms with E-state index in [1.165, 1.54) is 0 Å². The SMILES string of the molecule is COCC(C)NC(=O)C1CCC(N)C(C)C1. The number of rotatable bonds is 4. The summed E-state index contributed by atoms with van der Waals surface area (Å²) in [7, 11) is 1.64. The molecule has 0 saturated heterocycles. The minimum absolute atomic E-state index is 0.0865. The van der Waals surface area contributed by atoms with Crippen molar-refractivity contribution in [2.24, 2.45) is 17.6 Å². The highest BCUT2D eigenvalue weighted by Crippen LogP contribution is 2.28. The maximum atomic E-state index is 11.9. The molecule has 1 saturated carbocycles. The fourth-order valence-electron chi connectivity index (χ4n) is 2.31.